The summed E-state index contributed by atoms with van der Waals surface area (Å²) in [5, 5.41) is 3.10. The maximum Gasteiger partial charge on any atom is 0.228 e. The Balaban J connectivity index is 1.67. The van der Waals surface area contributed by atoms with Crippen LogP contribution in [-0.2, 0) is 4.79 Å². The number of anilines is 1. The van der Waals surface area contributed by atoms with Crippen molar-refractivity contribution in [1.82, 2.24) is 0 Å². The molecule has 0 aliphatic heterocycles. The summed E-state index contributed by atoms with van der Waals surface area (Å²) >= 11 is 0. The number of allylic oxidation sites excluding steroid dienone is 2. The van der Waals surface area contributed by atoms with Crippen LogP contribution in [0.1, 0.15) is 31.2 Å². The maximum atomic E-state index is 12.4. The number of hydrogen-bond acceptors (Lipinski definition) is 1. The van der Waals surface area contributed by atoms with Gasteiger partial charge in [-0.25, -0.2) is 0 Å². The summed E-state index contributed by atoms with van der Waals surface area (Å²) in [6.07, 6.45) is 9.45. The predicted octanol–water partition coefficient (Wildman–Crippen LogP) is 3.93. The molecule has 0 heterocycles. The lowest BCUT2D eigenvalue weighted by Crippen LogP contribution is -2.16. The zero-order valence-electron chi connectivity index (χ0n) is 11.4. The molecule has 0 spiro atoms. The first kappa shape index (κ1) is 12.5. The molecule has 3 unspecified atom stereocenters. The lowest BCUT2D eigenvalue weighted by molar-refractivity contribution is -0.117. The summed E-state index contributed by atoms with van der Waals surface area (Å²) in [5.41, 5.74) is 2.08. The molecule has 3 rings (SSSR count). The van der Waals surface area contributed by atoms with Crippen LogP contribution < -0.4 is 5.32 Å². The summed E-state index contributed by atoms with van der Waals surface area (Å²) in [5.74, 6) is 1.48. The minimum absolute atomic E-state index is 0.203. The normalized spacial score (nSPS) is 30.7. The molecule has 1 N–H and O–H groups in total. The molecule has 1 fully saturated rings. The third kappa shape index (κ3) is 2.58. The van der Waals surface area contributed by atoms with Gasteiger partial charge in [-0.15, -0.1) is 0 Å². The SMILES string of the molecule is Cc1ccccc1NC(=O)C1C2/C=C\CCCCC21. The number of hydrogen-bond donors (Lipinski definition) is 1. The predicted molar refractivity (Wildman–Crippen MR) is 77.9 cm³/mol. The second-order valence-corrected chi connectivity index (χ2v) is 5.78. The topological polar surface area (TPSA) is 29.1 Å². The standard InChI is InChI=1S/C17H21NO/c1-12-8-6-7-11-15(12)18-17(19)16-13-9-4-2-3-5-10-14(13)16/h4,6-9,11,13-14,16H,2-3,5,10H2,1H3,(H,18,19)/b9-4-. The summed E-state index contributed by atoms with van der Waals surface area (Å²) in [7, 11) is 0. The number of para-hydroxylation sites is 1. The summed E-state index contributed by atoms with van der Waals surface area (Å²) < 4.78 is 0. The largest absolute Gasteiger partial charge is 0.326 e. The number of nitrogens with one attached hydrogen (secondary N) is 1. The molecule has 0 saturated heterocycles. The average molecular weight is 255 g/mol. The van der Waals surface area contributed by atoms with E-state index in [2.05, 4.69) is 17.5 Å². The van der Waals surface area contributed by atoms with Gasteiger partial charge in [0.05, 0.1) is 0 Å². The molecule has 1 amide bonds. The fourth-order valence-electron chi connectivity index (χ4n) is 3.23. The van der Waals surface area contributed by atoms with Gasteiger partial charge < -0.3 is 5.32 Å². The Labute approximate surface area is 114 Å². The van der Waals surface area contributed by atoms with Crippen molar-refractivity contribution in [2.24, 2.45) is 17.8 Å². The van der Waals surface area contributed by atoms with E-state index in [-0.39, 0.29) is 11.8 Å². The number of amides is 1. The zero-order chi connectivity index (χ0) is 13.2. The monoisotopic (exact) mass is 255 g/mol. The van der Waals surface area contributed by atoms with E-state index in [4.69, 9.17) is 0 Å². The van der Waals surface area contributed by atoms with Crippen molar-refractivity contribution in [2.75, 3.05) is 5.32 Å². The first-order valence-corrected chi connectivity index (χ1v) is 7.30. The first-order valence-electron chi connectivity index (χ1n) is 7.30. The van der Waals surface area contributed by atoms with E-state index >= 15 is 0 Å². The molecule has 2 aliphatic rings. The number of aryl methyl sites for hydroxylation is 1. The van der Waals surface area contributed by atoms with Crippen molar-refractivity contribution in [3.63, 3.8) is 0 Å². The van der Waals surface area contributed by atoms with Crippen molar-refractivity contribution in [1.29, 1.82) is 0 Å². The lowest BCUT2D eigenvalue weighted by Gasteiger charge is -2.07. The minimum atomic E-state index is 0.203. The van der Waals surface area contributed by atoms with Crippen LogP contribution in [0.25, 0.3) is 0 Å². The fourth-order valence-corrected chi connectivity index (χ4v) is 3.23. The molecule has 0 radical (unpaired) electrons. The Morgan fingerprint density at radius 2 is 2.11 bits per heavy atom. The van der Waals surface area contributed by atoms with Gasteiger partial charge in [0.25, 0.3) is 0 Å². The van der Waals surface area contributed by atoms with Gasteiger partial charge in [-0.05, 0) is 49.7 Å². The van der Waals surface area contributed by atoms with Crippen molar-refractivity contribution in [2.45, 2.75) is 32.6 Å². The van der Waals surface area contributed by atoms with Gasteiger partial charge in [-0.2, -0.15) is 0 Å². The molecule has 100 valence electrons. The van der Waals surface area contributed by atoms with Crippen LogP contribution in [0.3, 0.4) is 0 Å². The molecule has 0 bridgehead atoms. The highest BCUT2D eigenvalue weighted by Crippen LogP contribution is 2.51. The number of carbonyl (C=O) groups is 1. The minimum Gasteiger partial charge on any atom is -0.326 e. The molecular weight excluding hydrogens is 234 g/mol. The van der Waals surface area contributed by atoms with E-state index < -0.39 is 0 Å². The molecule has 1 aromatic carbocycles. The number of fused-ring (bicyclic) bond motifs is 1. The summed E-state index contributed by atoms with van der Waals surface area (Å²) in [4.78, 5) is 12.4. The molecule has 0 aromatic heterocycles. The van der Waals surface area contributed by atoms with Crippen LogP contribution in [0.4, 0.5) is 5.69 Å². The lowest BCUT2D eigenvalue weighted by atomic mass is 10.1. The Morgan fingerprint density at radius 3 is 2.95 bits per heavy atom. The average Bonchev–Trinajstić information content (AvgIpc) is 3.03. The smallest absolute Gasteiger partial charge is 0.228 e. The first-order chi connectivity index (χ1) is 9.27. The van der Waals surface area contributed by atoms with Gasteiger partial charge in [0.1, 0.15) is 0 Å². The molecule has 1 aromatic rings. The third-order valence-electron chi connectivity index (χ3n) is 4.45. The van der Waals surface area contributed by atoms with Crippen molar-refractivity contribution < 1.29 is 4.79 Å². The van der Waals surface area contributed by atoms with Gasteiger partial charge in [-0.3, -0.25) is 4.79 Å². The van der Waals surface area contributed by atoms with Crippen LogP contribution in [0.2, 0.25) is 0 Å². The van der Waals surface area contributed by atoms with Crippen LogP contribution in [-0.4, -0.2) is 5.91 Å². The van der Waals surface area contributed by atoms with E-state index in [0.717, 1.165) is 11.3 Å². The van der Waals surface area contributed by atoms with Crippen molar-refractivity contribution in [3.05, 3.63) is 42.0 Å². The molecule has 2 aliphatic carbocycles. The second kappa shape index (κ2) is 5.20. The molecular formula is C17H21NO. The summed E-state index contributed by atoms with van der Waals surface area (Å²) in [6, 6.07) is 7.98. The number of rotatable bonds is 2. The third-order valence-corrected chi connectivity index (χ3v) is 4.45. The van der Waals surface area contributed by atoms with Gasteiger partial charge in [-0.1, -0.05) is 36.8 Å². The van der Waals surface area contributed by atoms with E-state index in [1.54, 1.807) is 0 Å². The van der Waals surface area contributed by atoms with Crippen molar-refractivity contribution in [3.8, 4) is 0 Å². The molecule has 2 nitrogen and oxygen atoms in total. The van der Waals surface area contributed by atoms with Gasteiger partial charge in [0, 0.05) is 11.6 Å². The van der Waals surface area contributed by atoms with Crippen molar-refractivity contribution >= 4 is 11.6 Å². The Morgan fingerprint density at radius 1 is 1.26 bits per heavy atom. The molecule has 19 heavy (non-hydrogen) atoms. The highest BCUT2D eigenvalue weighted by atomic mass is 16.2. The fraction of sp³-hybridized carbons (Fsp3) is 0.471. The van der Waals surface area contributed by atoms with Crippen LogP contribution >= 0.6 is 0 Å². The highest BCUT2D eigenvalue weighted by Gasteiger charge is 2.52. The van der Waals surface area contributed by atoms with Crippen LogP contribution in [0.15, 0.2) is 36.4 Å². The highest BCUT2D eigenvalue weighted by molar-refractivity contribution is 5.95. The van der Waals surface area contributed by atoms with E-state index in [1.165, 1.54) is 25.7 Å². The maximum absolute atomic E-state index is 12.4. The summed E-state index contributed by atoms with van der Waals surface area (Å²) in [6.45, 7) is 2.03. The van der Waals surface area contributed by atoms with E-state index in [0.29, 0.717) is 11.8 Å². The van der Waals surface area contributed by atoms with Crippen LogP contribution in [0.5, 0.6) is 0 Å². The zero-order valence-corrected chi connectivity index (χ0v) is 11.4. The molecule has 3 atom stereocenters. The Bertz CT molecular complexity index is 506. The number of benzene rings is 1. The molecule has 2 heteroatoms. The van der Waals surface area contributed by atoms with Gasteiger partial charge in [0.2, 0.25) is 5.91 Å². The van der Waals surface area contributed by atoms with Gasteiger partial charge >= 0.3 is 0 Å². The Kier molecular flexibility index (Phi) is 3.41. The number of carbonyl (C=O) groups excluding carboxylic acids is 1. The second-order valence-electron chi connectivity index (χ2n) is 5.78. The quantitative estimate of drug-likeness (QED) is 0.797. The van der Waals surface area contributed by atoms with Gasteiger partial charge in [0.15, 0.2) is 0 Å². The van der Waals surface area contributed by atoms with Crippen LogP contribution in [0, 0.1) is 24.7 Å². The van der Waals surface area contributed by atoms with E-state index in [1.807, 2.05) is 31.2 Å². The van der Waals surface area contributed by atoms with E-state index in [9.17, 15) is 4.79 Å². The molecule has 1 saturated carbocycles. The Hall–Kier alpha value is -1.57.